The Morgan fingerprint density at radius 3 is 2.48 bits per heavy atom. The third-order valence-electron chi connectivity index (χ3n) is 4.76. The van der Waals surface area contributed by atoms with Gasteiger partial charge in [0.2, 0.25) is 0 Å². The molecule has 0 radical (unpaired) electrons. The Kier molecular flexibility index (Phi) is 9.25. The van der Waals surface area contributed by atoms with Gasteiger partial charge in [0, 0.05) is 18.3 Å². The van der Waals surface area contributed by atoms with Crippen molar-refractivity contribution in [2.24, 2.45) is 10.7 Å². The smallest absolute Gasteiger partial charge is 0.337 e. The van der Waals surface area contributed by atoms with E-state index in [9.17, 15) is 14.5 Å². The Bertz CT molecular complexity index is 786. The summed E-state index contributed by atoms with van der Waals surface area (Å²) in [4.78, 5) is 38.0. The van der Waals surface area contributed by atoms with E-state index in [4.69, 9.17) is 0 Å². The van der Waals surface area contributed by atoms with E-state index >= 15 is 0 Å². The lowest BCUT2D eigenvalue weighted by Gasteiger charge is -2.32. The van der Waals surface area contributed by atoms with E-state index < -0.39 is 12.0 Å². The summed E-state index contributed by atoms with van der Waals surface area (Å²) in [5, 5.41) is 4.50. The zero-order valence-electron chi connectivity index (χ0n) is 18.1. The van der Waals surface area contributed by atoms with Crippen LogP contribution >= 0.6 is 0 Å². The molecule has 0 fully saturated rings. The maximum atomic E-state index is 11.7. The number of hydroxylamine groups is 1. The fourth-order valence-electron chi connectivity index (χ4n) is 3.17. The summed E-state index contributed by atoms with van der Waals surface area (Å²) in [7, 11) is 1.29. The van der Waals surface area contributed by atoms with E-state index in [0.717, 1.165) is 18.1 Å². The summed E-state index contributed by atoms with van der Waals surface area (Å²) in [6.07, 6.45) is 14.5. The van der Waals surface area contributed by atoms with Gasteiger partial charge in [0.15, 0.2) is 0 Å². The average Bonchev–Trinajstić information content (AvgIpc) is 2.64. The molecular weight excluding hydrogens is 370 g/mol. The Balaban J connectivity index is 2.73. The van der Waals surface area contributed by atoms with Gasteiger partial charge < -0.3 is 10.2 Å². The highest BCUT2D eigenvalue weighted by Gasteiger charge is 2.26. The number of nitroso groups, excluding NO2 is 1. The van der Waals surface area contributed by atoms with E-state index in [0.29, 0.717) is 5.57 Å². The number of allylic oxidation sites excluding steroid dienone is 9. The first kappa shape index (κ1) is 24.1. The van der Waals surface area contributed by atoms with Gasteiger partial charge in [-0.2, -0.15) is 0 Å². The lowest BCUT2D eigenvalue weighted by Crippen LogP contribution is -2.35. The third-order valence-corrected chi connectivity index (χ3v) is 4.76. The average molecular weight is 402 g/mol. The summed E-state index contributed by atoms with van der Waals surface area (Å²) in [5.41, 5.74) is 4.73. The number of hydrogen-bond acceptors (Lipinski definition) is 5. The number of nitrogens with zero attached hydrogens (tertiary/aromatic N) is 2. The monoisotopic (exact) mass is 401 g/mol. The van der Waals surface area contributed by atoms with E-state index in [1.54, 1.807) is 13.0 Å². The Morgan fingerprint density at radius 1 is 1.21 bits per heavy atom. The Morgan fingerprint density at radius 2 is 1.90 bits per heavy atom. The van der Waals surface area contributed by atoms with Gasteiger partial charge in [-0.1, -0.05) is 55.4 Å². The van der Waals surface area contributed by atoms with Crippen molar-refractivity contribution in [1.29, 1.82) is 0 Å². The number of hydrogen-bond donors (Lipinski definition) is 1. The normalized spacial score (nSPS) is 17.6. The van der Waals surface area contributed by atoms with Gasteiger partial charge >= 0.3 is 12.0 Å². The van der Waals surface area contributed by atoms with Crippen LogP contribution in [-0.2, 0) is 9.63 Å². The number of amides is 2. The van der Waals surface area contributed by atoms with Crippen LogP contribution in [0.15, 0.2) is 64.0 Å². The quantitative estimate of drug-likeness (QED) is 0.283. The van der Waals surface area contributed by atoms with Crippen LogP contribution in [0, 0.1) is 10.3 Å². The molecule has 7 heteroatoms. The molecule has 0 unspecified atom stereocenters. The molecule has 0 spiro atoms. The van der Waals surface area contributed by atoms with Gasteiger partial charge in [-0.25, -0.2) is 9.59 Å². The first-order valence-electron chi connectivity index (χ1n) is 9.59. The first-order chi connectivity index (χ1) is 13.6. The van der Waals surface area contributed by atoms with E-state index in [-0.39, 0.29) is 10.6 Å². The second-order valence-corrected chi connectivity index (χ2v) is 7.74. The molecule has 0 saturated carbocycles. The summed E-state index contributed by atoms with van der Waals surface area (Å²) in [5.74, 6) is -0.877. The molecule has 1 aliphatic carbocycles. The lowest BCUT2D eigenvalue weighted by atomic mass is 9.72. The molecule has 29 heavy (non-hydrogen) atoms. The number of nitrogens with one attached hydrogen (secondary N) is 1. The van der Waals surface area contributed by atoms with Gasteiger partial charge in [0.1, 0.15) is 0 Å². The number of carbonyl (C=O) groups excluding carboxylic acids is 2. The first-order valence-corrected chi connectivity index (χ1v) is 9.59. The number of rotatable bonds is 6. The SMILES string of the molecule is CNC(=O)N(N=O)OC(=O)/C=C(C)/C=C/C=C(C)/C=C/C1=C(C)CCCC1(C)C. The third kappa shape index (κ3) is 7.89. The maximum Gasteiger partial charge on any atom is 0.375 e. The van der Waals surface area contributed by atoms with E-state index in [1.807, 2.05) is 19.1 Å². The summed E-state index contributed by atoms with van der Waals surface area (Å²) < 4.78 is 0. The van der Waals surface area contributed by atoms with Crippen molar-refractivity contribution >= 4 is 12.0 Å². The molecule has 0 aliphatic heterocycles. The molecule has 0 saturated heterocycles. The largest absolute Gasteiger partial charge is 0.375 e. The minimum atomic E-state index is -0.938. The number of urea groups is 1. The van der Waals surface area contributed by atoms with Crippen molar-refractivity contribution in [1.82, 2.24) is 10.5 Å². The van der Waals surface area contributed by atoms with Crippen molar-refractivity contribution in [2.45, 2.75) is 53.9 Å². The van der Waals surface area contributed by atoms with Gasteiger partial charge in [0.05, 0.1) is 5.29 Å². The molecule has 158 valence electrons. The molecule has 0 aromatic heterocycles. The molecule has 0 heterocycles. The van der Waals surface area contributed by atoms with Crippen LogP contribution in [0.4, 0.5) is 4.79 Å². The predicted molar refractivity (Wildman–Crippen MR) is 114 cm³/mol. The zero-order valence-corrected chi connectivity index (χ0v) is 18.1. The highest BCUT2D eigenvalue weighted by molar-refractivity contribution is 5.84. The van der Waals surface area contributed by atoms with Gasteiger partial charge in [-0.05, 0) is 56.6 Å². The van der Waals surface area contributed by atoms with Crippen molar-refractivity contribution < 1.29 is 14.4 Å². The minimum absolute atomic E-state index is 0.0497. The molecule has 7 nitrogen and oxygen atoms in total. The maximum absolute atomic E-state index is 11.7. The van der Waals surface area contributed by atoms with Crippen LogP contribution < -0.4 is 5.32 Å². The van der Waals surface area contributed by atoms with E-state index in [2.05, 4.69) is 48.4 Å². The molecule has 1 aliphatic rings. The second-order valence-electron chi connectivity index (χ2n) is 7.74. The molecule has 0 atom stereocenters. The molecule has 1 N–H and O–H groups in total. The number of carbonyl (C=O) groups is 2. The second kappa shape index (κ2) is 11.1. The molecule has 1 rings (SSSR count). The highest BCUT2D eigenvalue weighted by atomic mass is 16.8. The van der Waals surface area contributed by atoms with Gasteiger partial charge in [-0.15, -0.1) is 4.91 Å². The summed E-state index contributed by atoms with van der Waals surface area (Å²) >= 11 is 0. The Hall–Kier alpha value is -2.96. The molecular formula is C22H31N3O4. The zero-order chi connectivity index (χ0) is 22.0. The van der Waals surface area contributed by atoms with Crippen molar-refractivity contribution in [2.75, 3.05) is 7.05 Å². The molecule has 2 amide bonds. The highest BCUT2D eigenvalue weighted by Crippen LogP contribution is 2.40. The summed E-state index contributed by atoms with van der Waals surface area (Å²) in [6, 6.07) is -0.938. The van der Waals surface area contributed by atoms with Crippen molar-refractivity contribution in [3.05, 3.63) is 63.7 Å². The van der Waals surface area contributed by atoms with Crippen LogP contribution in [0.5, 0.6) is 0 Å². The predicted octanol–water partition coefficient (Wildman–Crippen LogP) is 5.30. The molecule has 0 aromatic rings. The fraction of sp³-hybridized carbons (Fsp3) is 0.455. The van der Waals surface area contributed by atoms with Gasteiger partial charge in [-0.3, -0.25) is 0 Å². The van der Waals surface area contributed by atoms with Crippen LogP contribution in [0.2, 0.25) is 0 Å². The standard InChI is InChI=1S/C22H31N3O4/c1-16(12-13-19-18(3)11-8-14-22(19,4)5)9-7-10-17(2)15-20(26)29-25(24-28)21(27)23-6/h7,9-10,12-13,15H,8,11,14H2,1-6H3,(H,23,27)/b10-7+,13-12+,16-9+,17-15+. The lowest BCUT2D eigenvalue weighted by molar-refractivity contribution is -0.170. The van der Waals surface area contributed by atoms with Crippen molar-refractivity contribution in [3.8, 4) is 0 Å². The molecule has 0 bridgehead atoms. The van der Waals surface area contributed by atoms with Crippen molar-refractivity contribution in [3.63, 3.8) is 0 Å². The van der Waals surface area contributed by atoms with Crippen LogP contribution in [-0.4, -0.2) is 24.2 Å². The minimum Gasteiger partial charge on any atom is -0.337 e. The van der Waals surface area contributed by atoms with Crippen LogP contribution in [0.25, 0.3) is 0 Å². The van der Waals surface area contributed by atoms with E-state index in [1.165, 1.54) is 31.0 Å². The topological polar surface area (TPSA) is 88.1 Å². The van der Waals surface area contributed by atoms with Gasteiger partial charge in [0.25, 0.3) is 0 Å². The molecule has 0 aromatic carbocycles. The van der Waals surface area contributed by atoms with Crippen LogP contribution in [0.1, 0.15) is 53.9 Å². The summed E-state index contributed by atoms with van der Waals surface area (Å²) in [6.45, 7) is 10.5. The Labute approximate surface area is 172 Å². The van der Waals surface area contributed by atoms with Crippen LogP contribution in [0.3, 0.4) is 0 Å². The fourth-order valence-corrected chi connectivity index (χ4v) is 3.17.